The predicted molar refractivity (Wildman–Crippen MR) is 151 cm³/mol. The molecule has 0 saturated carbocycles. The minimum absolute atomic E-state index is 0.131. The summed E-state index contributed by atoms with van der Waals surface area (Å²) in [6, 6.07) is 17.3. The van der Waals surface area contributed by atoms with Crippen molar-refractivity contribution in [1.82, 2.24) is 5.06 Å². The van der Waals surface area contributed by atoms with Gasteiger partial charge in [-0.15, -0.1) is 0 Å². The summed E-state index contributed by atoms with van der Waals surface area (Å²) in [5.74, 6) is -0.855. The normalized spacial score (nSPS) is 13.8. The number of nitrogen functional groups attached to an aromatic ring is 1. The lowest BCUT2D eigenvalue weighted by Crippen LogP contribution is -2.34. The molecular formula is C30H29N5O5. The number of aliphatic imine (C=N–C) groups is 1. The molecule has 3 aromatic rings. The van der Waals surface area contributed by atoms with Gasteiger partial charge in [-0.3, -0.25) is 14.4 Å². The van der Waals surface area contributed by atoms with E-state index in [1.165, 1.54) is 5.06 Å². The van der Waals surface area contributed by atoms with E-state index in [1.807, 2.05) is 19.1 Å². The summed E-state index contributed by atoms with van der Waals surface area (Å²) in [4.78, 5) is 48.6. The quantitative estimate of drug-likeness (QED) is 0.219. The maximum absolute atomic E-state index is 13.5. The molecule has 0 aliphatic carbocycles. The van der Waals surface area contributed by atoms with Crippen LogP contribution in [0.2, 0.25) is 0 Å². The van der Waals surface area contributed by atoms with Gasteiger partial charge < -0.3 is 21.5 Å². The molecule has 0 aromatic heterocycles. The van der Waals surface area contributed by atoms with E-state index in [9.17, 15) is 14.4 Å². The lowest BCUT2D eigenvalue weighted by atomic mass is 10.0. The van der Waals surface area contributed by atoms with Crippen molar-refractivity contribution in [3.8, 4) is 0 Å². The molecule has 0 unspecified atom stereocenters. The Labute approximate surface area is 231 Å². The van der Waals surface area contributed by atoms with E-state index in [0.717, 1.165) is 11.1 Å². The van der Waals surface area contributed by atoms with E-state index in [4.69, 9.17) is 21.0 Å². The number of anilines is 2. The van der Waals surface area contributed by atoms with Gasteiger partial charge in [-0.25, -0.2) is 14.9 Å². The first-order valence-corrected chi connectivity index (χ1v) is 12.9. The van der Waals surface area contributed by atoms with Gasteiger partial charge in [0.1, 0.15) is 19.0 Å². The van der Waals surface area contributed by atoms with E-state index < -0.39 is 5.97 Å². The summed E-state index contributed by atoms with van der Waals surface area (Å²) in [5.41, 5.74) is 17.1. The Bertz CT molecular complexity index is 1540. The fourth-order valence-electron chi connectivity index (χ4n) is 4.42. The Morgan fingerprint density at radius 2 is 1.88 bits per heavy atom. The van der Waals surface area contributed by atoms with Crippen LogP contribution in [0.3, 0.4) is 0 Å². The molecule has 2 amide bonds. The molecular weight excluding hydrogens is 510 g/mol. The summed E-state index contributed by atoms with van der Waals surface area (Å²) in [7, 11) is 0. The van der Waals surface area contributed by atoms with Crippen LogP contribution in [-0.4, -0.2) is 35.2 Å². The third kappa shape index (κ3) is 5.87. The molecule has 3 aromatic carbocycles. The number of rotatable bonds is 8. The first kappa shape index (κ1) is 26.6. The number of hydrogen-bond donors (Lipinski definition) is 3. The number of nitrogens with one attached hydrogen (secondary N) is 1. The molecule has 204 valence electrons. The number of fused-ring (bicyclic) bond motifs is 2. The summed E-state index contributed by atoms with van der Waals surface area (Å²) in [5, 5.41) is 4.14. The van der Waals surface area contributed by atoms with Crippen LogP contribution in [0.5, 0.6) is 0 Å². The Morgan fingerprint density at radius 3 is 2.65 bits per heavy atom. The molecule has 40 heavy (non-hydrogen) atoms. The zero-order chi connectivity index (χ0) is 28.2. The van der Waals surface area contributed by atoms with Crippen LogP contribution >= 0.6 is 0 Å². The zero-order valence-corrected chi connectivity index (χ0v) is 22.0. The zero-order valence-electron chi connectivity index (χ0n) is 22.0. The summed E-state index contributed by atoms with van der Waals surface area (Å²) in [6.45, 7) is 2.80. The molecule has 2 heterocycles. The summed E-state index contributed by atoms with van der Waals surface area (Å²) >= 11 is 0. The molecule has 0 atom stereocenters. The van der Waals surface area contributed by atoms with Gasteiger partial charge in [-0.05, 0) is 54.5 Å². The molecule has 0 radical (unpaired) electrons. The van der Waals surface area contributed by atoms with Crippen molar-refractivity contribution in [3.05, 3.63) is 94.1 Å². The van der Waals surface area contributed by atoms with Gasteiger partial charge in [0.05, 0.1) is 11.3 Å². The standard InChI is InChI=1S/C30H29N5O5/c1-2-11-35(40-16-18-3-8-23(31)9-4-18)29(37)22-12-19-5-6-20(13-26(19)34-27(32)14-22)28(36)33-24-10-7-21-17-39-30(38)25(21)15-24/h3-10,12-13,15H,2,11,14,16-17,31H2,1H3,(H2,32,34)(H,33,36). The number of nitrogens with zero attached hydrogens (tertiary/aromatic N) is 2. The minimum atomic E-state index is -0.411. The number of hydroxylamine groups is 2. The minimum Gasteiger partial charge on any atom is -0.457 e. The van der Waals surface area contributed by atoms with Crippen LogP contribution in [0.4, 0.5) is 17.1 Å². The molecule has 2 aliphatic rings. The van der Waals surface area contributed by atoms with Crippen molar-refractivity contribution in [2.45, 2.75) is 33.0 Å². The first-order chi connectivity index (χ1) is 19.3. The monoisotopic (exact) mass is 539 g/mol. The van der Waals surface area contributed by atoms with Crippen LogP contribution in [0.25, 0.3) is 6.08 Å². The van der Waals surface area contributed by atoms with Gasteiger partial charge >= 0.3 is 5.97 Å². The summed E-state index contributed by atoms with van der Waals surface area (Å²) in [6.07, 6.45) is 2.56. The highest BCUT2D eigenvalue weighted by molar-refractivity contribution is 6.08. The third-order valence-electron chi connectivity index (χ3n) is 6.50. The van der Waals surface area contributed by atoms with E-state index in [1.54, 1.807) is 54.6 Å². The largest absolute Gasteiger partial charge is 0.457 e. The van der Waals surface area contributed by atoms with Crippen molar-refractivity contribution in [3.63, 3.8) is 0 Å². The first-order valence-electron chi connectivity index (χ1n) is 12.9. The number of nitrogens with two attached hydrogens (primary N) is 2. The second kappa shape index (κ2) is 11.4. The Kier molecular flexibility index (Phi) is 7.61. The molecule has 0 fully saturated rings. The molecule has 5 N–H and O–H groups in total. The fraction of sp³-hybridized carbons (Fsp3) is 0.200. The number of hydrogen-bond acceptors (Lipinski definition) is 8. The van der Waals surface area contributed by atoms with Gasteiger partial charge in [-0.1, -0.05) is 31.2 Å². The molecule has 0 saturated heterocycles. The average molecular weight is 540 g/mol. The van der Waals surface area contributed by atoms with E-state index >= 15 is 0 Å². The second-order valence-electron chi connectivity index (χ2n) is 9.55. The molecule has 0 bridgehead atoms. The molecule has 5 rings (SSSR count). The number of amidine groups is 1. The van der Waals surface area contributed by atoms with Crippen molar-refractivity contribution >= 4 is 46.8 Å². The van der Waals surface area contributed by atoms with Gasteiger partial charge in [0.25, 0.3) is 11.8 Å². The van der Waals surface area contributed by atoms with Crippen LogP contribution in [0.1, 0.15) is 57.2 Å². The molecule has 10 nitrogen and oxygen atoms in total. The van der Waals surface area contributed by atoms with E-state index in [2.05, 4.69) is 10.3 Å². The van der Waals surface area contributed by atoms with Crippen molar-refractivity contribution < 1.29 is 24.0 Å². The van der Waals surface area contributed by atoms with Gasteiger partial charge in [-0.2, -0.15) is 0 Å². The number of benzene rings is 3. The van der Waals surface area contributed by atoms with Crippen LogP contribution in [0.15, 0.2) is 71.2 Å². The fourth-order valence-corrected chi connectivity index (χ4v) is 4.42. The molecule has 2 aliphatic heterocycles. The van der Waals surface area contributed by atoms with Crippen molar-refractivity contribution in [2.75, 3.05) is 17.6 Å². The second-order valence-corrected chi connectivity index (χ2v) is 9.55. The van der Waals surface area contributed by atoms with Crippen LogP contribution < -0.4 is 16.8 Å². The van der Waals surface area contributed by atoms with Gasteiger partial charge in [0, 0.05) is 46.6 Å². The molecule has 10 heteroatoms. The Hall–Kier alpha value is -4.96. The Morgan fingerprint density at radius 1 is 1.07 bits per heavy atom. The number of amides is 2. The number of carbonyl (C=O) groups is 3. The predicted octanol–water partition coefficient (Wildman–Crippen LogP) is 4.34. The van der Waals surface area contributed by atoms with E-state index in [0.29, 0.717) is 52.3 Å². The summed E-state index contributed by atoms with van der Waals surface area (Å²) < 4.78 is 5.02. The van der Waals surface area contributed by atoms with Crippen LogP contribution in [-0.2, 0) is 27.6 Å². The smallest absolute Gasteiger partial charge is 0.338 e. The number of cyclic esters (lactones) is 1. The lowest BCUT2D eigenvalue weighted by Gasteiger charge is -2.22. The maximum Gasteiger partial charge on any atom is 0.338 e. The molecule has 0 spiro atoms. The average Bonchev–Trinajstić information content (AvgIpc) is 3.21. The SMILES string of the molecule is CCCN(OCc1ccc(N)cc1)C(=O)C1=Cc2ccc(C(=O)Nc3ccc4c(c3)C(=O)OC4)cc2N=C(N)C1. The highest BCUT2D eigenvalue weighted by atomic mass is 16.7. The van der Waals surface area contributed by atoms with Crippen LogP contribution in [0, 0.1) is 0 Å². The topological polar surface area (TPSA) is 149 Å². The maximum atomic E-state index is 13.5. The Balaban J connectivity index is 1.33. The third-order valence-corrected chi connectivity index (χ3v) is 6.50. The number of carbonyl (C=O) groups excluding carboxylic acids is 3. The van der Waals surface area contributed by atoms with E-state index in [-0.39, 0.29) is 37.3 Å². The number of esters is 1. The highest BCUT2D eigenvalue weighted by Crippen LogP contribution is 2.29. The lowest BCUT2D eigenvalue weighted by molar-refractivity contribution is -0.187. The highest BCUT2D eigenvalue weighted by Gasteiger charge is 2.24. The van der Waals surface area contributed by atoms with Gasteiger partial charge in [0.15, 0.2) is 0 Å². The number of ether oxygens (including phenoxy) is 1. The van der Waals surface area contributed by atoms with Gasteiger partial charge in [0.2, 0.25) is 0 Å². The van der Waals surface area contributed by atoms with Crippen molar-refractivity contribution in [2.24, 2.45) is 10.7 Å². The van der Waals surface area contributed by atoms with Crippen molar-refractivity contribution in [1.29, 1.82) is 0 Å².